The van der Waals surface area contributed by atoms with E-state index >= 15 is 0 Å². The van der Waals surface area contributed by atoms with Crippen molar-refractivity contribution < 1.29 is 18.3 Å². The molecule has 4 aliphatic heterocycles. The molecule has 2 saturated heterocycles. The number of morpholine rings is 2. The third-order valence-corrected chi connectivity index (χ3v) is 15.2. The van der Waals surface area contributed by atoms with E-state index in [1.54, 1.807) is 30.2 Å². The summed E-state index contributed by atoms with van der Waals surface area (Å²) in [5, 5.41) is 7.81. The number of pyridine rings is 6. The lowest BCUT2D eigenvalue weighted by molar-refractivity contribution is 0.122. The van der Waals surface area contributed by atoms with Crippen molar-refractivity contribution in [3.05, 3.63) is 136 Å². The van der Waals surface area contributed by atoms with Gasteiger partial charge in [-0.05, 0) is 105 Å². The van der Waals surface area contributed by atoms with Crippen molar-refractivity contribution in [3.63, 3.8) is 0 Å². The van der Waals surface area contributed by atoms with E-state index in [-0.39, 0.29) is 11.6 Å². The minimum Gasteiger partial charge on any atom is -0.382 e. The molecule has 2 aromatic carbocycles. The molecule has 0 bridgehead atoms. The molecule has 71 heavy (non-hydrogen) atoms. The lowest BCUT2D eigenvalue weighted by Crippen LogP contribution is -2.36. The fourth-order valence-corrected chi connectivity index (χ4v) is 11.1. The number of halogens is 3. The molecule has 6 aromatic heterocycles. The summed E-state index contributed by atoms with van der Waals surface area (Å²) in [5.41, 5.74) is 13.8. The highest BCUT2D eigenvalue weighted by molar-refractivity contribution is 7.99. The molecule has 1 N–H and O–H groups in total. The second kappa shape index (κ2) is 21.7. The lowest BCUT2D eigenvalue weighted by Gasteiger charge is -2.35. The monoisotopic (exact) mass is 1010 g/mol. The molecule has 0 amide bonds. The molecule has 17 heteroatoms. The van der Waals surface area contributed by atoms with E-state index in [2.05, 4.69) is 59.0 Å². The number of fused-ring (bicyclic) bond motifs is 4. The SMILES string of the molecule is Cc1ccnc(-c2nc3cc(F)ccc3c(Cl)c2C)c1.Cc1ccnc(-c2nc3cc(F)ccc3c(N3CCSc4ncc(N5CCOCC5)cc43)c2C)c1.c1nc2c(cc1N1CCOCC1)NCCS2. The van der Waals surface area contributed by atoms with Gasteiger partial charge in [0.25, 0.3) is 0 Å². The molecule has 4 aliphatic rings. The molecular weight excluding hydrogens is 958 g/mol. The van der Waals surface area contributed by atoms with Crippen LogP contribution in [0.1, 0.15) is 22.3 Å². The number of nitrogens with one attached hydrogen (secondary N) is 1. The molecule has 12 rings (SSSR count). The van der Waals surface area contributed by atoms with Crippen LogP contribution in [-0.2, 0) is 9.47 Å². The van der Waals surface area contributed by atoms with Crippen LogP contribution in [0.15, 0.2) is 108 Å². The number of anilines is 5. The van der Waals surface area contributed by atoms with Crippen molar-refractivity contribution >= 4 is 85.4 Å². The minimum absolute atomic E-state index is 0.297. The van der Waals surface area contributed by atoms with Gasteiger partial charge in [-0.1, -0.05) is 11.6 Å². The third kappa shape index (κ3) is 10.7. The first kappa shape index (κ1) is 48.5. The van der Waals surface area contributed by atoms with E-state index in [9.17, 15) is 8.78 Å². The van der Waals surface area contributed by atoms with Gasteiger partial charge in [-0.3, -0.25) is 9.97 Å². The summed E-state index contributed by atoms with van der Waals surface area (Å²) in [4.78, 5) is 34.7. The molecule has 12 nitrogen and oxygen atoms in total. The zero-order chi connectivity index (χ0) is 49.0. The largest absolute Gasteiger partial charge is 0.382 e. The normalized spacial score (nSPS) is 15.5. The summed E-state index contributed by atoms with van der Waals surface area (Å²) in [5.74, 6) is 1.40. The van der Waals surface area contributed by atoms with Crippen LogP contribution in [0.4, 0.5) is 37.2 Å². The quantitative estimate of drug-likeness (QED) is 0.176. The molecule has 8 aromatic rings. The summed E-state index contributed by atoms with van der Waals surface area (Å²) in [6.45, 7) is 16.6. The molecule has 0 radical (unpaired) electrons. The van der Waals surface area contributed by atoms with Gasteiger partial charge in [0.1, 0.15) is 21.7 Å². The fraction of sp³-hybridized carbons (Fsp3) is 0.296. The van der Waals surface area contributed by atoms with E-state index in [0.717, 1.165) is 154 Å². The molecule has 364 valence electrons. The number of thioether (sulfide) groups is 2. The van der Waals surface area contributed by atoms with Crippen LogP contribution < -0.4 is 20.0 Å². The molecule has 2 fully saturated rings. The van der Waals surface area contributed by atoms with Gasteiger partial charge in [0.2, 0.25) is 0 Å². The van der Waals surface area contributed by atoms with Crippen LogP contribution in [-0.4, -0.2) is 107 Å². The number of rotatable bonds is 5. The summed E-state index contributed by atoms with van der Waals surface area (Å²) in [7, 11) is 0. The van der Waals surface area contributed by atoms with Crippen LogP contribution in [0.2, 0.25) is 5.02 Å². The smallest absolute Gasteiger partial charge is 0.125 e. The minimum atomic E-state index is -0.326. The van der Waals surface area contributed by atoms with E-state index < -0.39 is 0 Å². The molecule has 0 saturated carbocycles. The van der Waals surface area contributed by atoms with Crippen molar-refractivity contribution in [2.75, 3.05) is 97.2 Å². The molecule has 0 unspecified atom stereocenters. The van der Waals surface area contributed by atoms with Gasteiger partial charge in [-0.25, -0.2) is 28.7 Å². The van der Waals surface area contributed by atoms with Crippen LogP contribution in [0.25, 0.3) is 44.6 Å². The average Bonchev–Trinajstić information content (AvgIpc) is 3.40. The Morgan fingerprint density at radius 2 is 1.14 bits per heavy atom. The van der Waals surface area contributed by atoms with Gasteiger partial charge in [0.05, 0.1) is 106 Å². The van der Waals surface area contributed by atoms with Crippen LogP contribution in [0, 0.1) is 39.3 Å². The lowest BCUT2D eigenvalue weighted by atomic mass is 10.0. The highest BCUT2D eigenvalue weighted by Gasteiger charge is 2.27. The predicted molar refractivity (Wildman–Crippen MR) is 285 cm³/mol. The Bertz CT molecular complexity index is 3250. The molecule has 0 aliphatic carbocycles. The first-order valence-corrected chi connectivity index (χ1v) is 26.1. The summed E-state index contributed by atoms with van der Waals surface area (Å²) in [6.07, 6.45) is 7.47. The van der Waals surface area contributed by atoms with E-state index in [4.69, 9.17) is 31.0 Å². The predicted octanol–water partition coefficient (Wildman–Crippen LogP) is 11.7. The van der Waals surface area contributed by atoms with Gasteiger partial charge in [0, 0.05) is 91.6 Å². The molecular formula is C54H53ClF2N10O2S2. The van der Waals surface area contributed by atoms with Crippen LogP contribution in [0.3, 0.4) is 0 Å². The Kier molecular flexibility index (Phi) is 14.8. The van der Waals surface area contributed by atoms with Gasteiger partial charge in [0.15, 0.2) is 0 Å². The van der Waals surface area contributed by atoms with Crippen LogP contribution >= 0.6 is 35.1 Å². The van der Waals surface area contributed by atoms with E-state index in [1.165, 1.54) is 35.6 Å². The highest BCUT2D eigenvalue weighted by Crippen LogP contribution is 2.45. The summed E-state index contributed by atoms with van der Waals surface area (Å²) >= 11 is 9.98. The summed E-state index contributed by atoms with van der Waals surface area (Å²) in [6, 6.07) is 21.6. The van der Waals surface area contributed by atoms with E-state index in [1.807, 2.05) is 75.3 Å². The first-order valence-electron chi connectivity index (χ1n) is 23.7. The second-order valence-corrected chi connectivity index (χ2v) is 20.2. The maximum atomic E-state index is 14.3. The highest BCUT2D eigenvalue weighted by atomic mass is 35.5. The van der Waals surface area contributed by atoms with Crippen molar-refractivity contribution in [1.29, 1.82) is 0 Å². The van der Waals surface area contributed by atoms with Crippen LogP contribution in [0.5, 0.6) is 0 Å². The fourth-order valence-electron chi connectivity index (χ4n) is 9.11. The number of nitrogens with zero attached hydrogens (tertiary/aromatic N) is 9. The van der Waals surface area contributed by atoms with Crippen molar-refractivity contribution in [2.24, 2.45) is 0 Å². The Morgan fingerprint density at radius 3 is 1.76 bits per heavy atom. The van der Waals surface area contributed by atoms with Crippen molar-refractivity contribution in [2.45, 2.75) is 37.7 Å². The van der Waals surface area contributed by atoms with Crippen molar-refractivity contribution in [3.8, 4) is 22.8 Å². The number of ether oxygens (including phenoxy) is 2. The van der Waals surface area contributed by atoms with Gasteiger partial charge in [-0.15, -0.1) is 23.5 Å². The third-order valence-electron chi connectivity index (χ3n) is 12.8. The zero-order valence-electron chi connectivity index (χ0n) is 40.0. The van der Waals surface area contributed by atoms with Gasteiger partial charge < -0.3 is 29.5 Å². The zero-order valence-corrected chi connectivity index (χ0v) is 42.4. The summed E-state index contributed by atoms with van der Waals surface area (Å²) < 4.78 is 38.6. The standard InChI is InChI=1S/C27H26FN5OS.C16H12ClFN2.C11H15N3OS/c1-17-5-6-29-23(13-17)25-18(2)26(21-4-3-19(28)14-22(21)31-25)33-9-12-35-27-24(33)15-20(16-30-27)32-7-10-34-11-8-32;1-9-5-6-19-14(7-9)16-10(2)15(17)12-4-3-11(18)8-13(12)20-16;1-6-16-11-10(12-1)7-9(8-13-11)14-2-4-15-5-3-14/h3-6,13-16H,7-12H2,1-2H3;3-8H,1-2H3;7-8,12H,1-6H2. The Balaban J connectivity index is 0.000000136. The number of aromatic nitrogens is 6. The molecule has 0 atom stereocenters. The van der Waals surface area contributed by atoms with E-state index in [0.29, 0.717) is 21.7 Å². The Labute approximate surface area is 425 Å². The van der Waals surface area contributed by atoms with Crippen molar-refractivity contribution in [1.82, 2.24) is 29.9 Å². The number of benzene rings is 2. The Hall–Kier alpha value is -6.17. The Morgan fingerprint density at radius 1 is 0.592 bits per heavy atom. The molecule has 10 heterocycles. The first-order chi connectivity index (χ1) is 34.6. The van der Waals surface area contributed by atoms with Gasteiger partial charge >= 0.3 is 0 Å². The second-order valence-electron chi connectivity index (χ2n) is 17.6. The average molecular weight is 1010 g/mol. The maximum absolute atomic E-state index is 14.3. The molecule has 0 spiro atoms. The number of hydrogen-bond acceptors (Lipinski definition) is 14. The van der Waals surface area contributed by atoms with Gasteiger partial charge in [-0.2, -0.15) is 0 Å². The number of hydrogen-bond donors (Lipinski definition) is 1. The topological polar surface area (TPSA) is 118 Å². The number of aryl methyl sites for hydroxylation is 2. The maximum Gasteiger partial charge on any atom is 0.125 e.